The molecule has 9 heteroatoms. The summed E-state index contributed by atoms with van der Waals surface area (Å²) >= 11 is 5.98. The smallest absolute Gasteiger partial charge is 0.449 e. The largest absolute Gasteiger partial charge is 0.511 e. The minimum absolute atomic E-state index is 0.0808. The summed E-state index contributed by atoms with van der Waals surface area (Å²) in [6.07, 6.45) is 4.28. The molecule has 1 fully saturated rings. The summed E-state index contributed by atoms with van der Waals surface area (Å²) < 4.78 is 12.3. The minimum atomic E-state index is -1.44. The third kappa shape index (κ3) is 3.57. The number of nitrogens with one attached hydrogen (secondary N) is 1. The minimum Gasteiger partial charge on any atom is -0.449 e. The van der Waals surface area contributed by atoms with Crippen LogP contribution in [-0.2, 0) is 14.3 Å². The maximum atomic E-state index is 13.1. The van der Waals surface area contributed by atoms with E-state index in [1.54, 1.807) is 24.1 Å². The van der Waals surface area contributed by atoms with Crippen molar-refractivity contribution in [1.82, 2.24) is 15.1 Å². The summed E-state index contributed by atoms with van der Waals surface area (Å²) in [6, 6.07) is 5.50. The van der Waals surface area contributed by atoms with E-state index in [0.717, 1.165) is 5.56 Å². The molecule has 1 aromatic carbocycles. The third-order valence-corrected chi connectivity index (χ3v) is 6.05. The van der Waals surface area contributed by atoms with Crippen LogP contribution in [0, 0.1) is 6.92 Å². The fraction of sp³-hybridized carbons (Fsp3) is 0.381. The van der Waals surface area contributed by atoms with Gasteiger partial charge in [0.05, 0.1) is 34.1 Å². The van der Waals surface area contributed by atoms with Crippen molar-refractivity contribution in [2.75, 3.05) is 7.11 Å². The third-order valence-electron chi connectivity index (χ3n) is 5.86. The van der Waals surface area contributed by atoms with Gasteiger partial charge in [-0.1, -0.05) is 17.7 Å². The number of ether oxygens (including phenoxy) is 2. The SMILES string of the molecule is COC1CCC2(CC1)NC(=O)C(c1cc(-n3cc(Cl)cn3)ccc1C)=C2OC(=O)O. The maximum absolute atomic E-state index is 13.1. The number of hydrogen-bond acceptors (Lipinski definition) is 5. The quantitative estimate of drug-likeness (QED) is 0.715. The number of carbonyl (C=O) groups excluding carboxylic acids is 1. The van der Waals surface area contributed by atoms with Gasteiger partial charge in [0, 0.05) is 13.3 Å². The molecule has 0 saturated heterocycles. The van der Waals surface area contributed by atoms with Crippen molar-refractivity contribution < 1.29 is 24.2 Å². The van der Waals surface area contributed by atoms with Crippen molar-refractivity contribution in [1.29, 1.82) is 0 Å². The van der Waals surface area contributed by atoms with Gasteiger partial charge in [-0.3, -0.25) is 4.79 Å². The van der Waals surface area contributed by atoms with Crippen LogP contribution >= 0.6 is 11.6 Å². The standard InChI is InChI=1S/C21H22ClN3O5/c1-12-3-4-14(25-11-13(22)10-23-25)9-16(12)17-18(30-20(27)28)21(24-19(17)26)7-5-15(29-2)6-8-21/h3-4,9-11,15H,5-8H2,1-2H3,(H,24,26)(H,27,28). The first-order valence-electron chi connectivity index (χ1n) is 9.65. The van der Waals surface area contributed by atoms with Gasteiger partial charge in [-0.15, -0.1) is 0 Å². The topological polar surface area (TPSA) is 103 Å². The highest BCUT2D eigenvalue weighted by molar-refractivity contribution is 6.30. The Balaban J connectivity index is 1.83. The molecule has 1 aromatic heterocycles. The number of rotatable bonds is 4. The van der Waals surface area contributed by atoms with Crippen molar-refractivity contribution in [2.24, 2.45) is 0 Å². The highest BCUT2D eigenvalue weighted by Gasteiger charge is 2.50. The lowest BCUT2D eigenvalue weighted by molar-refractivity contribution is -0.116. The fourth-order valence-electron chi connectivity index (χ4n) is 4.30. The summed E-state index contributed by atoms with van der Waals surface area (Å²) in [5.41, 5.74) is 1.50. The summed E-state index contributed by atoms with van der Waals surface area (Å²) in [7, 11) is 1.65. The zero-order valence-electron chi connectivity index (χ0n) is 16.6. The Kier molecular flexibility index (Phi) is 5.29. The van der Waals surface area contributed by atoms with Crippen molar-refractivity contribution >= 4 is 29.2 Å². The number of carboxylic acid groups (broad SMARTS) is 1. The van der Waals surface area contributed by atoms with Crippen LogP contribution in [0.15, 0.2) is 36.4 Å². The fourth-order valence-corrected chi connectivity index (χ4v) is 4.43. The maximum Gasteiger partial charge on any atom is 0.511 e. The molecule has 1 amide bonds. The number of aryl methyl sites for hydroxylation is 1. The van der Waals surface area contributed by atoms with Crippen LogP contribution in [0.4, 0.5) is 4.79 Å². The van der Waals surface area contributed by atoms with Crippen LogP contribution in [0.2, 0.25) is 5.02 Å². The Morgan fingerprint density at radius 3 is 2.70 bits per heavy atom. The number of carbonyl (C=O) groups is 2. The molecule has 2 aliphatic rings. The molecule has 1 saturated carbocycles. The van der Waals surface area contributed by atoms with Gasteiger partial charge in [-0.25, -0.2) is 9.48 Å². The number of aromatic nitrogens is 2. The second-order valence-electron chi connectivity index (χ2n) is 7.65. The Bertz CT molecular complexity index is 1040. The Labute approximate surface area is 178 Å². The van der Waals surface area contributed by atoms with Crippen molar-refractivity contribution in [3.8, 4) is 5.69 Å². The molecule has 0 bridgehead atoms. The average Bonchev–Trinajstić information content (AvgIpc) is 3.25. The van der Waals surface area contributed by atoms with E-state index in [-0.39, 0.29) is 23.3 Å². The van der Waals surface area contributed by atoms with E-state index in [1.807, 2.05) is 19.1 Å². The predicted molar refractivity (Wildman–Crippen MR) is 109 cm³/mol. The van der Waals surface area contributed by atoms with E-state index in [4.69, 9.17) is 21.1 Å². The van der Waals surface area contributed by atoms with E-state index in [1.165, 1.54) is 6.20 Å². The van der Waals surface area contributed by atoms with Crippen LogP contribution in [0.1, 0.15) is 36.8 Å². The lowest BCUT2D eigenvalue weighted by Gasteiger charge is -2.37. The van der Waals surface area contributed by atoms with Crippen molar-refractivity contribution in [3.05, 3.63) is 52.5 Å². The van der Waals surface area contributed by atoms with Crippen LogP contribution in [0.3, 0.4) is 0 Å². The number of nitrogens with zero attached hydrogens (tertiary/aromatic N) is 2. The van der Waals surface area contributed by atoms with Crippen molar-refractivity contribution in [2.45, 2.75) is 44.2 Å². The molecule has 2 aromatic rings. The Morgan fingerprint density at radius 1 is 1.37 bits per heavy atom. The van der Waals surface area contributed by atoms with Crippen LogP contribution in [0.25, 0.3) is 11.3 Å². The van der Waals surface area contributed by atoms with E-state index in [0.29, 0.717) is 42.0 Å². The average molecular weight is 432 g/mol. The van der Waals surface area contributed by atoms with E-state index >= 15 is 0 Å². The van der Waals surface area contributed by atoms with Gasteiger partial charge >= 0.3 is 6.16 Å². The number of methoxy groups -OCH3 is 1. The molecule has 0 atom stereocenters. The molecule has 2 N–H and O–H groups in total. The highest BCUT2D eigenvalue weighted by Crippen LogP contribution is 2.44. The molecule has 1 spiro atoms. The molecule has 158 valence electrons. The number of benzene rings is 1. The molecule has 1 aliphatic heterocycles. The van der Waals surface area contributed by atoms with Gasteiger partial charge in [0.1, 0.15) is 5.76 Å². The first-order valence-corrected chi connectivity index (χ1v) is 10.0. The van der Waals surface area contributed by atoms with E-state index in [2.05, 4.69) is 10.4 Å². The molecule has 1 aliphatic carbocycles. The normalized spacial score (nSPS) is 23.7. The second kappa shape index (κ2) is 7.77. The van der Waals surface area contributed by atoms with Gasteiger partial charge in [0.2, 0.25) is 0 Å². The lowest BCUT2D eigenvalue weighted by atomic mass is 9.79. The highest BCUT2D eigenvalue weighted by atomic mass is 35.5. The monoisotopic (exact) mass is 431 g/mol. The van der Waals surface area contributed by atoms with Gasteiger partial charge in [-0.2, -0.15) is 5.10 Å². The number of halogens is 1. The van der Waals surface area contributed by atoms with E-state index < -0.39 is 11.7 Å². The summed E-state index contributed by atoms with van der Waals surface area (Å²) in [4.78, 5) is 24.6. The number of hydrogen-bond donors (Lipinski definition) is 2. The Hall–Kier alpha value is -2.84. The molecular weight excluding hydrogens is 410 g/mol. The van der Waals surface area contributed by atoms with Crippen LogP contribution in [0.5, 0.6) is 0 Å². The first kappa shape index (κ1) is 20.4. The van der Waals surface area contributed by atoms with Gasteiger partial charge in [0.25, 0.3) is 5.91 Å². The Morgan fingerprint density at radius 2 is 2.10 bits per heavy atom. The summed E-state index contributed by atoms with van der Waals surface area (Å²) in [6.45, 7) is 1.86. The van der Waals surface area contributed by atoms with Gasteiger partial charge in [-0.05, 0) is 55.9 Å². The number of amides is 1. The molecule has 8 nitrogen and oxygen atoms in total. The lowest BCUT2D eigenvalue weighted by Crippen LogP contribution is -2.49. The summed E-state index contributed by atoms with van der Waals surface area (Å²) in [5, 5.41) is 17.1. The second-order valence-corrected chi connectivity index (χ2v) is 8.08. The summed E-state index contributed by atoms with van der Waals surface area (Å²) in [5.74, 6) is -0.186. The van der Waals surface area contributed by atoms with E-state index in [9.17, 15) is 14.7 Å². The molecule has 30 heavy (non-hydrogen) atoms. The zero-order valence-corrected chi connectivity index (χ0v) is 17.4. The van der Waals surface area contributed by atoms with Crippen molar-refractivity contribution in [3.63, 3.8) is 0 Å². The molecular formula is C21H22ClN3O5. The van der Waals surface area contributed by atoms with Crippen LogP contribution < -0.4 is 5.32 Å². The molecule has 0 unspecified atom stereocenters. The first-order chi connectivity index (χ1) is 14.3. The zero-order chi connectivity index (χ0) is 21.5. The molecule has 4 rings (SSSR count). The van der Waals surface area contributed by atoms with Gasteiger partial charge in [0.15, 0.2) is 0 Å². The predicted octanol–water partition coefficient (Wildman–Crippen LogP) is 3.70. The molecule has 2 heterocycles. The molecule has 0 radical (unpaired) electrons. The van der Waals surface area contributed by atoms with Crippen LogP contribution in [-0.4, -0.2) is 45.7 Å². The van der Waals surface area contributed by atoms with Gasteiger partial charge < -0.3 is 19.9 Å².